The summed E-state index contributed by atoms with van der Waals surface area (Å²) in [5.74, 6) is 0. The smallest absolute Gasteiger partial charge is 0.197 e. The number of fused-ring (bicyclic) bond motifs is 15. The third-order valence-corrected chi connectivity index (χ3v) is 16.8. The summed E-state index contributed by atoms with van der Waals surface area (Å²) in [6, 6.07) is 53.8. The van der Waals surface area contributed by atoms with Gasteiger partial charge in [-0.3, -0.25) is 0 Å². The van der Waals surface area contributed by atoms with E-state index in [1.165, 1.54) is 125 Å². The molecule has 13 rings (SSSR count). The van der Waals surface area contributed by atoms with Crippen molar-refractivity contribution in [2.45, 2.75) is 90.9 Å². The quantitative estimate of drug-likeness (QED) is 0.175. The Kier molecular flexibility index (Phi) is 7.97. The molecule has 10 aromatic rings. The molecule has 0 fully saturated rings. The molecule has 2 aromatic heterocycles. The topological polar surface area (TPSA) is 17.0 Å². The Morgan fingerprint density at radius 2 is 1.20 bits per heavy atom. The van der Waals surface area contributed by atoms with E-state index in [0.29, 0.717) is 0 Å². The molecule has 3 heterocycles. The molecule has 0 bridgehead atoms. The summed E-state index contributed by atoms with van der Waals surface area (Å²) in [5, 5.41) is 9.37. The van der Waals surface area contributed by atoms with Crippen molar-refractivity contribution in [2.75, 3.05) is 5.32 Å². The Labute approximate surface area is 393 Å². The van der Waals surface area contributed by atoms with Crippen molar-refractivity contribution in [1.82, 2.24) is 4.57 Å². The highest BCUT2D eigenvalue weighted by Crippen LogP contribution is 2.58. The van der Waals surface area contributed by atoms with Crippen LogP contribution in [0.2, 0.25) is 0 Å². The third-order valence-electron chi connectivity index (χ3n) is 15.7. The molecule has 0 amide bonds. The number of thiophene rings is 1. The van der Waals surface area contributed by atoms with Crippen molar-refractivity contribution in [3.63, 3.8) is 0 Å². The average molecular weight is 870 g/mol. The summed E-state index contributed by atoms with van der Waals surface area (Å²) in [6.45, 7) is 23.7. The Morgan fingerprint density at radius 3 is 1.94 bits per heavy atom. The number of aromatic nitrogens is 1. The van der Waals surface area contributed by atoms with E-state index in [9.17, 15) is 0 Å². The molecule has 66 heavy (non-hydrogen) atoms. The van der Waals surface area contributed by atoms with Crippen LogP contribution in [-0.4, -0.2) is 11.8 Å². The molecule has 3 aliphatic rings. The molecular formula is C62H54BN2S. The maximum atomic E-state index is 4.07. The largest absolute Gasteiger partial charge is 0.355 e. The predicted octanol–water partition coefficient (Wildman–Crippen LogP) is 15.7. The lowest BCUT2D eigenvalue weighted by atomic mass is 9.56. The van der Waals surface area contributed by atoms with E-state index in [0.717, 1.165) is 11.4 Å². The molecule has 0 unspecified atom stereocenters. The minimum Gasteiger partial charge on any atom is -0.355 e. The van der Waals surface area contributed by atoms with Gasteiger partial charge < -0.3 is 9.88 Å². The van der Waals surface area contributed by atoms with Crippen molar-refractivity contribution in [2.24, 2.45) is 0 Å². The maximum absolute atomic E-state index is 4.07. The predicted molar refractivity (Wildman–Crippen MR) is 286 cm³/mol. The number of hydrogen-bond donors (Lipinski definition) is 1. The number of nitrogens with one attached hydrogen (secondary N) is 1. The van der Waals surface area contributed by atoms with E-state index in [1.54, 1.807) is 0 Å². The lowest BCUT2D eigenvalue weighted by Crippen LogP contribution is -2.39. The molecule has 2 nitrogen and oxygen atoms in total. The van der Waals surface area contributed by atoms with E-state index < -0.39 is 0 Å². The lowest BCUT2D eigenvalue weighted by molar-refractivity contribution is 0.590. The monoisotopic (exact) mass is 869 g/mol. The Morgan fingerprint density at radius 1 is 0.530 bits per heavy atom. The molecule has 1 N–H and O–H groups in total. The van der Waals surface area contributed by atoms with E-state index in [-0.39, 0.29) is 21.7 Å². The molecule has 1 aliphatic heterocycles. The van der Waals surface area contributed by atoms with Gasteiger partial charge in [-0.2, -0.15) is 0 Å². The standard InChI is InChI=1S/C62H54BN2S/c1-59(2,3)34-23-26-36(27-24-34)64-48-33-52-41(38-18-13-16-22-51(38)66-52)30-42(48)55-56-53(39-19-12-15-21-45(39)62(56,9)10)54-43-29-35(60(4,5)6)25-28-49(43)65-50-32-46-40(31-47(50)63-57(55)58(54)65)37-17-11-14-20-44(37)61(46,7)8/h11-33,64H,1-10H3. The molecule has 0 saturated heterocycles. The van der Waals surface area contributed by atoms with Gasteiger partial charge in [0.15, 0.2) is 7.28 Å². The van der Waals surface area contributed by atoms with Gasteiger partial charge in [0.05, 0.1) is 5.52 Å². The van der Waals surface area contributed by atoms with Gasteiger partial charge in [-0.15, -0.1) is 11.3 Å². The third kappa shape index (κ3) is 5.37. The number of benzene rings is 8. The van der Waals surface area contributed by atoms with Crippen molar-refractivity contribution in [1.29, 1.82) is 0 Å². The normalized spacial score (nSPS) is 15.2. The first-order valence-electron chi connectivity index (χ1n) is 23.8. The van der Waals surface area contributed by atoms with Crippen LogP contribution < -0.4 is 16.2 Å². The molecular weight excluding hydrogens is 816 g/mol. The van der Waals surface area contributed by atoms with Crippen molar-refractivity contribution >= 4 is 82.9 Å². The molecule has 4 heteroatoms. The van der Waals surface area contributed by atoms with Crippen LogP contribution in [0, 0.1) is 0 Å². The van der Waals surface area contributed by atoms with Gasteiger partial charge in [0.25, 0.3) is 0 Å². The van der Waals surface area contributed by atoms with Crippen LogP contribution in [0.4, 0.5) is 11.4 Å². The summed E-state index contributed by atoms with van der Waals surface area (Å²) in [4.78, 5) is 0. The molecule has 2 aliphatic carbocycles. The molecule has 321 valence electrons. The first-order valence-corrected chi connectivity index (χ1v) is 24.6. The summed E-state index contributed by atoms with van der Waals surface area (Å²) >= 11 is 1.89. The number of hydrogen-bond acceptors (Lipinski definition) is 2. The second-order valence-electron chi connectivity index (χ2n) is 22.5. The van der Waals surface area contributed by atoms with Crippen LogP contribution in [0.3, 0.4) is 0 Å². The minimum atomic E-state index is -0.297. The SMILES string of the molecule is CC(C)(C)c1ccc(Nc2cc3sc4ccccc4c3cc2-c2c3c(c4c5cc(C(C)(C)C)ccc5n5c4c2[B]c2cc4c(cc2-5)C(C)(C)c2ccccc2-4)-c2ccccc2C3(C)C)cc1. The fraction of sp³-hybridized carbons (Fsp3) is 0.226. The zero-order chi connectivity index (χ0) is 45.4. The molecule has 0 saturated carbocycles. The number of anilines is 2. The van der Waals surface area contributed by atoms with Crippen LogP contribution in [0.5, 0.6) is 0 Å². The van der Waals surface area contributed by atoms with Crippen LogP contribution in [0.25, 0.3) is 81.0 Å². The highest BCUT2D eigenvalue weighted by Gasteiger charge is 2.44. The number of nitrogens with zero attached hydrogens (tertiary/aromatic N) is 1. The average Bonchev–Trinajstić information content (AvgIpc) is 3.96. The summed E-state index contributed by atoms with van der Waals surface area (Å²) in [6.07, 6.45) is 0. The Balaban J connectivity index is 1.20. The van der Waals surface area contributed by atoms with Gasteiger partial charge in [0, 0.05) is 69.9 Å². The fourth-order valence-corrected chi connectivity index (χ4v) is 13.4. The van der Waals surface area contributed by atoms with E-state index in [2.05, 4.69) is 226 Å². The second kappa shape index (κ2) is 13.2. The van der Waals surface area contributed by atoms with Gasteiger partial charge in [0.2, 0.25) is 0 Å². The second-order valence-corrected chi connectivity index (χ2v) is 23.6. The lowest BCUT2D eigenvalue weighted by Gasteiger charge is -2.31. The van der Waals surface area contributed by atoms with Gasteiger partial charge in [-0.05, 0) is 126 Å². The van der Waals surface area contributed by atoms with E-state index >= 15 is 0 Å². The first-order chi connectivity index (χ1) is 31.5. The Hall–Kier alpha value is -6.36. The highest BCUT2D eigenvalue weighted by atomic mass is 32.1. The van der Waals surface area contributed by atoms with Crippen LogP contribution in [0.15, 0.2) is 140 Å². The van der Waals surface area contributed by atoms with Gasteiger partial charge >= 0.3 is 0 Å². The molecule has 0 spiro atoms. The Bertz CT molecular complexity index is 3770. The number of rotatable bonds is 3. The van der Waals surface area contributed by atoms with Crippen LogP contribution in [0.1, 0.15) is 103 Å². The summed E-state index contributed by atoms with van der Waals surface area (Å²) in [5.41, 5.74) is 24.5. The van der Waals surface area contributed by atoms with Crippen molar-refractivity contribution in [3.8, 4) is 39.1 Å². The van der Waals surface area contributed by atoms with E-state index in [4.69, 9.17) is 0 Å². The molecule has 0 atom stereocenters. The maximum Gasteiger partial charge on any atom is 0.197 e. The molecule has 8 aromatic carbocycles. The van der Waals surface area contributed by atoms with Crippen molar-refractivity contribution < 1.29 is 0 Å². The van der Waals surface area contributed by atoms with Crippen LogP contribution >= 0.6 is 11.3 Å². The zero-order valence-electron chi connectivity index (χ0n) is 39.7. The van der Waals surface area contributed by atoms with Crippen LogP contribution in [-0.2, 0) is 21.7 Å². The summed E-state index contributed by atoms with van der Waals surface area (Å²) < 4.78 is 5.26. The van der Waals surface area contributed by atoms with Crippen molar-refractivity contribution in [3.05, 3.63) is 173 Å². The van der Waals surface area contributed by atoms with Gasteiger partial charge in [-0.1, -0.05) is 166 Å². The minimum absolute atomic E-state index is 0.0169. The zero-order valence-corrected chi connectivity index (χ0v) is 40.5. The fourth-order valence-electron chi connectivity index (χ4n) is 12.2. The van der Waals surface area contributed by atoms with Gasteiger partial charge in [0.1, 0.15) is 0 Å². The first kappa shape index (κ1) is 40.0. The highest BCUT2D eigenvalue weighted by molar-refractivity contribution is 7.25. The van der Waals surface area contributed by atoms with Gasteiger partial charge in [-0.25, -0.2) is 0 Å². The van der Waals surface area contributed by atoms with E-state index in [1.807, 2.05) is 11.3 Å². The molecule has 1 radical (unpaired) electrons. The summed E-state index contributed by atoms with van der Waals surface area (Å²) in [7, 11) is 2.57.